The normalized spacial score (nSPS) is 23.0. The largest absolute Gasteiger partial charge is 0.369 e. The van der Waals surface area contributed by atoms with Gasteiger partial charge in [0, 0.05) is 7.05 Å². The Kier molecular flexibility index (Phi) is 3.28. The molecule has 1 aliphatic rings. The predicted octanol–water partition coefficient (Wildman–Crippen LogP) is 0.810. The summed E-state index contributed by atoms with van der Waals surface area (Å²) in [5, 5.41) is 12.8. The molecule has 0 saturated carbocycles. The van der Waals surface area contributed by atoms with Gasteiger partial charge >= 0.3 is 0 Å². The minimum Gasteiger partial charge on any atom is -0.369 e. The molecule has 66 valence electrons. The summed E-state index contributed by atoms with van der Waals surface area (Å²) in [7, 11) is 1.71. The lowest BCUT2D eigenvalue weighted by Gasteiger charge is -2.13. The molecule has 1 heterocycles. The van der Waals surface area contributed by atoms with E-state index in [9.17, 15) is 0 Å². The van der Waals surface area contributed by atoms with Crippen molar-refractivity contribution in [2.24, 2.45) is 4.99 Å². The van der Waals surface area contributed by atoms with Crippen LogP contribution in [0.1, 0.15) is 6.42 Å². The van der Waals surface area contributed by atoms with E-state index >= 15 is 0 Å². The molecule has 0 fully saturated rings. The fraction of sp³-hybridized carbons (Fsp3) is 0.429. The number of halogens is 1. The number of hydrogen-bond acceptors (Lipinski definition) is 3. The molecule has 1 unspecified atom stereocenters. The first-order chi connectivity index (χ1) is 5.77. The SMILES string of the molecule is CN=C(NC=N)C1CC=C(Br)N1. The summed E-state index contributed by atoms with van der Waals surface area (Å²) >= 11 is 3.34. The third kappa shape index (κ3) is 2.07. The standard InChI is InChI=1S/C7H11BrN4/c1-10-7(11-4-9)5-2-3-6(8)12-5/h3-5,12H,2H2,1H3,(H2,9,10,11). The maximum absolute atomic E-state index is 6.88. The number of nitrogens with one attached hydrogen (secondary N) is 3. The number of aliphatic imine (C=N–C) groups is 1. The molecular formula is C7H11BrN4. The molecule has 0 bridgehead atoms. The quantitative estimate of drug-likeness (QED) is 0.374. The first-order valence-corrected chi connectivity index (χ1v) is 4.41. The third-order valence-corrected chi connectivity index (χ3v) is 2.19. The molecule has 4 nitrogen and oxygen atoms in total. The molecule has 12 heavy (non-hydrogen) atoms. The third-order valence-electron chi connectivity index (χ3n) is 1.64. The second kappa shape index (κ2) is 4.25. The van der Waals surface area contributed by atoms with Crippen molar-refractivity contribution in [3.05, 3.63) is 10.7 Å². The Hall–Kier alpha value is -0.840. The van der Waals surface area contributed by atoms with Crippen LogP contribution in [0.2, 0.25) is 0 Å². The van der Waals surface area contributed by atoms with Crippen LogP contribution in [0.4, 0.5) is 0 Å². The van der Waals surface area contributed by atoms with Crippen LogP contribution in [-0.2, 0) is 0 Å². The number of hydrogen-bond donors (Lipinski definition) is 3. The van der Waals surface area contributed by atoms with Gasteiger partial charge in [0.2, 0.25) is 0 Å². The molecule has 0 radical (unpaired) electrons. The predicted molar refractivity (Wildman–Crippen MR) is 53.8 cm³/mol. The van der Waals surface area contributed by atoms with E-state index in [1.54, 1.807) is 7.05 Å². The molecule has 3 N–H and O–H groups in total. The Balaban J connectivity index is 2.53. The zero-order chi connectivity index (χ0) is 8.97. The van der Waals surface area contributed by atoms with Gasteiger partial charge in [-0.1, -0.05) is 6.08 Å². The van der Waals surface area contributed by atoms with Crippen molar-refractivity contribution in [3.8, 4) is 0 Å². The summed E-state index contributed by atoms with van der Waals surface area (Å²) in [6, 6.07) is 0.172. The summed E-state index contributed by atoms with van der Waals surface area (Å²) in [5.41, 5.74) is 0. The molecule has 0 amide bonds. The van der Waals surface area contributed by atoms with E-state index in [0.717, 1.165) is 23.2 Å². The van der Waals surface area contributed by atoms with Gasteiger partial charge in [-0.3, -0.25) is 10.4 Å². The summed E-state index contributed by atoms with van der Waals surface area (Å²) < 4.78 is 0.987. The van der Waals surface area contributed by atoms with Gasteiger partial charge < -0.3 is 10.6 Å². The van der Waals surface area contributed by atoms with Gasteiger partial charge in [0.15, 0.2) is 0 Å². The van der Waals surface area contributed by atoms with Crippen molar-refractivity contribution in [1.29, 1.82) is 5.41 Å². The van der Waals surface area contributed by atoms with Gasteiger partial charge in [-0.15, -0.1) is 0 Å². The molecule has 1 aliphatic heterocycles. The smallest absolute Gasteiger partial charge is 0.124 e. The summed E-state index contributed by atoms with van der Waals surface area (Å²) in [4.78, 5) is 4.03. The summed E-state index contributed by atoms with van der Waals surface area (Å²) in [6.45, 7) is 0. The minimum absolute atomic E-state index is 0.172. The molecule has 1 atom stereocenters. The van der Waals surface area contributed by atoms with Crippen LogP contribution >= 0.6 is 15.9 Å². The molecule has 1 rings (SSSR count). The van der Waals surface area contributed by atoms with Crippen molar-refractivity contribution in [3.63, 3.8) is 0 Å². The highest BCUT2D eigenvalue weighted by molar-refractivity contribution is 9.11. The van der Waals surface area contributed by atoms with E-state index in [4.69, 9.17) is 5.41 Å². The Bertz CT molecular complexity index is 234. The van der Waals surface area contributed by atoms with Gasteiger partial charge in [0.05, 0.1) is 17.0 Å². The molecular weight excluding hydrogens is 220 g/mol. The number of amidine groups is 1. The van der Waals surface area contributed by atoms with Crippen LogP contribution in [-0.4, -0.2) is 25.3 Å². The zero-order valence-corrected chi connectivity index (χ0v) is 8.35. The van der Waals surface area contributed by atoms with Gasteiger partial charge in [-0.25, -0.2) is 0 Å². The Labute approximate surface area is 79.8 Å². The second-order valence-corrected chi connectivity index (χ2v) is 3.24. The topological polar surface area (TPSA) is 60.3 Å². The lowest BCUT2D eigenvalue weighted by molar-refractivity contribution is 0.775. The van der Waals surface area contributed by atoms with E-state index in [2.05, 4.69) is 31.6 Å². The van der Waals surface area contributed by atoms with Crippen LogP contribution < -0.4 is 10.6 Å². The molecule has 0 spiro atoms. The maximum atomic E-state index is 6.88. The number of nitrogens with zero attached hydrogens (tertiary/aromatic N) is 1. The number of rotatable bonds is 2. The minimum atomic E-state index is 0.172. The molecule has 0 aromatic rings. The van der Waals surface area contributed by atoms with Crippen LogP contribution in [0, 0.1) is 5.41 Å². The lowest BCUT2D eigenvalue weighted by atomic mass is 10.2. The van der Waals surface area contributed by atoms with E-state index in [1.165, 1.54) is 0 Å². The van der Waals surface area contributed by atoms with Crippen LogP contribution in [0.25, 0.3) is 0 Å². The monoisotopic (exact) mass is 230 g/mol. The summed E-state index contributed by atoms with van der Waals surface area (Å²) in [5.74, 6) is 0.788. The van der Waals surface area contributed by atoms with Crippen LogP contribution in [0.5, 0.6) is 0 Å². The average Bonchev–Trinajstić information content (AvgIpc) is 2.47. The fourth-order valence-electron chi connectivity index (χ4n) is 1.08. The van der Waals surface area contributed by atoms with E-state index in [0.29, 0.717) is 0 Å². The zero-order valence-electron chi connectivity index (χ0n) is 6.76. The Morgan fingerprint density at radius 1 is 2.00 bits per heavy atom. The molecule has 0 saturated heterocycles. The fourth-order valence-corrected chi connectivity index (χ4v) is 1.54. The molecule has 0 aromatic carbocycles. The van der Waals surface area contributed by atoms with Gasteiger partial charge in [0.25, 0.3) is 0 Å². The Morgan fingerprint density at radius 2 is 2.75 bits per heavy atom. The second-order valence-electron chi connectivity index (χ2n) is 2.38. The van der Waals surface area contributed by atoms with Gasteiger partial charge in [-0.2, -0.15) is 0 Å². The Morgan fingerprint density at radius 3 is 3.17 bits per heavy atom. The highest BCUT2D eigenvalue weighted by atomic mass is 79.9. The first kappa shape index (κ1) is 9.25. The molecule has 5 heteroatoms. The van der Waals surface area contributed by atoms with Crippen LogP contribution in [0.3, 0.4) is 0 Å². The lowest BCUT2D eigenvalue weighted by Crippen LogP contribution is -2.39. The first-order valence-electron chi connectivity index (χ1n) is 3.62. The van der Waals surface area contributed by atoms with Crippen molar-refractivity contribution >= 4 is 28.1 Å². The maximum Gasteiger partial charge on any atom is 0.124 e. The van der Waals surface area contributed by atoms with E-state index in [-0.39, 0.29) is 6.04 Å². The van der Waals surface area contributed by atoms with E-state index in [1.807, 2.05) is 6.08 Å². The highest BCUT2D eigenvalue weighted by Gasteiger charge is 2.18. The van der Waals surface area contributed by atoms with Crippen molar-refractivity contribution in [1.82, 2.24) is 10.6 Å². The molecule has 0 aliphatic carbocycles. The van der Waals surface area contributed by atoms with Crippen LogP contribution in [0.15, 0.2) is 15.7 Å². The van der Waals surface area contributed by atoms with Crippen molar-refractivity contribution in [2.75, 3.05) is 7.05 Å². The van der Waals surface area contributed by atoms with E-state index < -0.39 is 0 Å². The van der Waals surface area contributed by atoms with Crippen molar-refractivity contribution in [2.45, 2.75) is 12.5 Å². The van der Waals surface area contributed by atoms with Crippen molar-refractivity contribution < 1.29 is 0 Å². The van der Waals surface area contributed by atoms with Gasteiger partial charge in [-0.05, 0) is 22.4 Å². The average molecular weight is 231 g/mol. The summed E-state index contributed by atoms with van der Waals surface area (Å²) in [6.07, 6.45) is 4.08. The highest BCUT2D eigenvalue weighted by Crippen LogP contribution is 2.13. The molecule has 0 aromatic heterocycles. The van der Waals surface area contributed by atoms with Gasteiger partial charge in [0.1, 0.15) is 5.84 Å².